The molecular formula is C24H20FN3O. The van der Waals surface area contributed by atoms with Crippen molar-refractivity contribution in [1.29, 1.82) is 0 Å². The topological polar surface area (TPSA) is 62.1 Å². The van der Waals surface area contributed by atoms with Crippen LogP contribution in [0.5, 0.6) is 0 Å². The molecule has 1 aliphatic rings. The molecule has 0 spiro atoms. The van der Waals surface area contributed by atoms with Gasteiger partial charge in [0.05, 0.1) is 11.1 Å². The minimum atomic E-state index is -0.655. The van der Waals surface area contributed by atoms with Gasteiger partial charge in [-0.2, -0.15) is 0 Å². The predicted molar refractivity (Wildman–Crippen MR) is 116 cm³/mol. The zero-order valence-electron chi connectivity index (χ0n) is 15.8. The number of amides is 1. The fourth-order valence-corrected chi connectivity index (χ4v) is 4.42. The summed E-state index contributed by atoms with van der Waals surface area (Å²) in [6.07, 6.45) is 2.84. The number of rotatable bonds is 4. The molecule has 0 saturated carbocycles. The summed E-state index contributed by atoms with van der Waals surface area (Å²) in [5, 5.41) is 1.55. The Bertz CT molecular complexity index is 1300. The van der Waals surface area contributed by atoms with Crippen LogP contribution in [0.25, 0.3) is 32.9 Å². The number of hydrogen-bond acceptors (Lipinski definition) is 2. The molecule has 5 heteroatoms. The first-order chi connectivity index (χ1) is 14.1. The molecule has 0 bridgehead atoms. The van der Waals surface area contributed by atoms with E-state index in [4.69, 9.17) is 5.73 Å². The smallest absolute Gasteiger partial charge is 0.250 e. The van der Waals surface area contributed by atoms with Crippen molar-refractivity contribution in [1.82, 2.24) is 4.98 Å². The summed E-state index contributed by atoms with van der Waals surface area (Å²) < 4.78 is 15.4. The lowest BCUT2D eigenvalue weighted by atomic mass is 9.95. The van der Waals surface area contributed by atoms with Gasteiger partial charge in [-0.05, 0) is 35.7 Å². The molecule has 3 N–H and O–H groups in total. The van der Waals surface area contributed by atoms with Crippen LogP contribution in [0, 0.1) is 5.82 Å². The number of primary amides is 1. The highest BCUT2D eigenvalue weighted by Gasteiger charge is 2.23. The predicted octanol–water partition coefficient (Wildman–Crippen LogP) is 4.77. The molecule has 1 aliphatic heterocycles. The normalized spacial score (nSPS) is 13.2. The second kappa shape index (κ2) is 6.48. The van der Waals surface area contributed by atoms with E-state index >= 15 is 4.39 Å². The first-order valence-electron chi connectivity index (χ1n) is 9.60. The minimum absolute atomic E-state index is 0.159. The Kier molecular flexibility index (Phi) is 3.91. The average Bonchev–Trinajstić information content (AvgIpc) is 3.29. The van der Waals surface area contributed by atoms with Crippen LogP contribution in [0.3, 0.4) is 0 Å². The molecular weight excluding hydrogens is 365 g/mol. The Morgan fingerprint density at radius 1 is 1.24 bits per heavy atom. The van der Waals surface area contributed by atoms with Crippen molar-refractivity contribution in [3.63, 3.8) is 0 Å². The summed E-state index contributed by atoms with van der Waals surface area (Å²) in [5.74, 6) is -1.11. The number of H-pyrrole nitrogens is 1. The second-order valence-corrected chi connectivity index (χ2v) is 7.39. The van der Waals surface area contributed by atoms with E-state index in [1.807, 2.05) is 42.5 Å². The summed E-state index contributed by atoms with van der Waals surface area (Å²) in [6, 6.07) is 15.0. The largest absolute Gasteiger partial charge is 0.367 e. The van der Waals surface area contributed by atoms with E-state index in [0.29, 0.717) is 16.5 Å². The number of carbonyl (C=O) groups excluding carboxylic acids is 1. The number of carbonyl (C=O) groups is 1. The molecule has 1 amide bonds. The zero-order valence-corrected chi connectivity index (χ0v) is 15.8. The number of nitrogens with one attached hydrogen (secondary N) is 1. The summed E-state index contributed by atoms with van der Waals surface area (Å²) in [4.78, 5) is 17.5. The molecule has 0 aliphatic carbocycles. The van der Waals surface area contributed by atoms with Gasteiger partial charge in [0.25, 0.3) is 5.91 Å². The van der Waals surface area contributed by atoms with Crippen LogP contribution < -0.4 is 10.6 Å². The van der Waals surface area contributed by atoms with Gasteiger partial charge in [0.2, 0.25) is 0 Å². The number of nitrogens with zero attached hydrogens (tertiary/aromatic N) is 1. The van der Waals surface area contributed by atoms with Crippen molar-refractivity contribution < 1.29 is 9.18 Å². The Balaban J connectivity index is 1.84. The molecule has 4 aromatic rings. The van der Waals surface area contributed by atoms with Crippen molar-refractivity contribution in [3.8, 4) is 11.1 Å². The van der Waals surface area contributed by atoms with Crippen LogP contribution in [0.15, 0.2) is 61.2 Å². The molecule has 3 aromatic carbocycles. The maximum Gasteiger partial charge on any atom is 0.250 e. The highest BCUT2D eigenvalue weighted by molar-refractivity contribution is 6.20. The van der Waals surface area contributed by atoms with E-state index in [0.717, 1.165) is 41.7 Å². The number of aromatic amines is 1. The molecule has 29 heavy (non-hydrogen) atoms. The Labute approximate surface area is 167 Å². The third-order valence-electron chi connectivity index (χ3n) is 5.72. The molecule has 0 radical (unpaired) electrons. The summed E-state index contributed by atoms with van der Waals surface area (Å²) >= 11 is 0. The summed E-state index contributed by atoms with van der Waals surface area (Å²) in [6.45, 7) is 5.52. The number of benzene rings is 3. The van der Waals surface area contributed by atoms with E-state index in [1.54, 1.807) is 0 Å². The first kappa shape index (κ1) is 17.5. The van der Waals surface area contributed by atoms with Gasteiger partial charge in [-0.15, -0.1) is 6.58 Å². The van der Waals surface area contributed by atoms with Crippen LogP contribution in [-0.4, -0.2) is 24.0 Å². The monoisotopic (exact) mass is 385 g/mol. The van der Waals surface area contributed by atoms with Gasteiger partial charge in [0.15, 0.2) is 0 Å². The third-order valence-corrected chi connectivity index (χ3v) is 5.72. The molecule has 0 unspecified atom stereocenters. The first-order valence-corrected chi connectivity index (χ1v) is 9.60. The lowest BCUT2D eigenvalue weighted by Gasteiger charge is -2.18. The Morgan fingerprint density at radius 3 is 2.86 bits per heavy atom. The van der Waals surface area contributed by atoms with E-state index in [9.17, 15) is 4.79 Å². The van der Waals surface area contributed by atoms with Gasteiger partial charge in [0, 0.05) is 40.6 Å². The zero-order chi connectivity index (χ0) is 20.1. The van der Waals surface area contributed by atoms with Gasteiger partial charge in [-0.3, -0.25) is 4.79 Å². The molecule has 5 rings (SSSR count). The van der Waals surface area contributed by atoms with Crippen LogP contribution >= 0.6 is 0 Å². The molecule has 1 aromatic heterocycles. The summed E-state index contributed by atoms with van der Waals surface area (Å²) in [7, 11) is 0. The molecule has 144 valence electrons. The van der Waals surface area contributed by atoms with Gasteiger partial charge in [-0.1, -0.05) is 36.4 Å². The van der Waals surface area contributed by atoms with E-state index < -0.39 is 11.7 Å². The Hall–Kier alpha value is -3.60. The molecule has 0 atom stereocenters. The van der Waals surface area contributed by atoms with Crippen molar-refractivity contribution in [2.45, 2.75) is 6.42 Å². The van der Waals surface area contributed by atoms with Crippen molar-refractivity contribution in [2.24, 2.45) is 5.73 Å². The van der Waals surface area contributed by atoms with E-state index in [2.05, 4.69) is 22.5 Å². The lowest BCUT2D eigenvalue weighted by Crippen LogP contribution is -2.19. The number of hydrogen-bond donors (Lipinski definition) is 2. The summed E-state index contributed by atoms with van der Waals surface area (Å²) in [5.41, 5.74) is 10.7. The molecule has 4 nitrogen and oxygen atoms in total. The third kappa shape index (κ3) is 2.62. The standard InChI is InChI=1S/C24H20FN3O/c1-2-10-28-11-9-14-7-8-15(12-20(14)28)21-18(25)13-17(24(26)29)23-22(21)16-5-3-4-6-19(16)27-23/h2-8,12-13,27H,1,9-11H2,(H2,26,29). The number of anilines is 1. The highest BCUT2D eigenvalue weighted by Crippen LogP contribution is 2.40. The van der Waals surface area contributed by atoms with Crippen molar-refractivity contribution in [2.75, 3.05) is 18.0 Å². The fraction of sp³-hybridized carbons (Fsp3) is 0.125. The van der Waals surface area contributed by atoms with Gasteiger partial charge in [0.1, 0.15) is 5.82 Å². The van der Waals surface area contributed by atoms with E-state index in [1.165, 1.54) is 11.6 Å². The van der Waals surface area contributed by atoms with Crippen molar-refractivity contribution in [3.05, 3.63) is 78.1 Å². The van der Waals surface area contributed by atoms with Crippen molar-refractivity contribution >= 4 is 33.4 Å². The molecule has 0 fully saturated rings. The van der Waals surface area contributed by atoms with Crippen LogP contribution in [0.4, 0.5) is 10.1 Å². The fourth-order valence-electron chi connectivity index (χ4n) is 4.42. The van der Waals surface area contributed by atoms with Crippen LogP contribution in [0.1, 0.15) is 15.9 Å². The number of aromatic nitrogens is 1. The SMILES string of the molecule is C=CCN1CCc2ccc(-c3c(F)cc(C(N)=O)c4[nH]c5ccccc5c34)cc21. The number of nitrogens with two attached hydrogens (primary N) is 1. The van der Waals surface area contributed by atoms with Gasteiger partial charge in [-0.25, -0.2) is 4.39 Å². The quantitative estimate of drug-likeness (QED) is 0.497. The van der Waals surface area contributed by atoms with E-state index in [-0.39, 0.29) is 5.56 Å². The lowest BCUT2D eigenvalue weighted by molar-refractivity contribution is 0.100. The average molecular weight is 385 g/mol. The maximum atomic E-state index is 15.4. The Morgan fingerprint density at radius 2 is 2.07 bits per heavy atom. The number of fused-ring (bicyclic) bond motifs is 4. The highest BCUT2D eigenvalue weighted by atomic mass is 19.1. The van der Waals surface area contributed by atoms with Crippen LogP contribution in [-0.2, 0) is 6.42 Å². The molecule has 2 heterocycles. The minimum Gasteiger partial charge on any atom is -0.367 e. The van der Waals surface area contributed by atoms with Crippen LogP contribution in [0.2, 0.25) is 0 Å². The second-order valence-electron chi connectivity index (χ2n) is 7.39. The van der Waals surface area contributed by atoms with Gasteiger partial charge < -0.3 is 15.6 Å². The number of halogens is 1. The number of para-hydroxylation sites is 1. The van der Waals surface area contributed by atoms with Gasteiger partial charge >= 0.3 is 0 Å². The maximum absolute atomic E-state index is 15.4. The molecule has 0 saturated heterocycles.